The van der Waals surface area contributed by atoms with Gasteiger partial charge in [0.1, 0.15) is 6.61 Å². The molecule has 7 heteroatoms. The van der Waals surface area contributed by atoms with E-state index in [0.717, 1.165) is 19.3 Å². The lowest BCUT2D eigenvalue weighted by Gasteiger charge is -2.43. The van der Waals surface area contributed by atoms with Crippen molar-refractivity contribution in [1.82, 2.24) is 5.32 Å². The molecule has 5 atom stereocenters. The van der Waals surface area contributed by atoms with Gasteiger partial charge in [-0.15, -0.1) is 11.8 Å². The summed E-state index contributed by atoms with van der Waals surface area (Å²) < 4.78 is 10.6. The number of nitrogens with one attached hydrogen (secondary N) is 1. The second-order valence-electron chi connectivity index (χ2n) is 6.72. The molecule has 0 radical (unpaired) electrons. The summed E-state index contributed by atoms with van der Waals surface area (Å²) in [4.78, 5) is 34.8. The summed E-state index contributed by atoms with van der Waals surface area (Å²) in [6, 6.07) is -0.244. The van der Waals surface area contributed by atoms with Crippen LogP contribution in [0.1, 0.15) is 60.3 Å². The van der Waals surface area contributed by atoms with E-state index in [2.05, 4.69) is 19.2 Å². The highest BCUT2D eigenvalue weighted by atomic mass is 32.2. The Kier molecular flexibility index (Phi) is 9.32. The maximum Gasteiger partial charge on any atom is 0.303 e. The van der Waals surface area contributed by atoms with Crippen LogP contribution in [0.5, 0.6) is 0 Å². The highest BCUT2D eigenvalue weighted by molar-refractivity contribution is 8.00. The smallest absolute Gasteiger partial charge is 0.303 e. The van der Waals surface area contributed by atoms with E-state index >= 15 is 0 Å². The Morgan fingerprint density at radius 3 is 2.28 bits per heavy atom. The van der Waals surface area contributed by atoms with Gasteiger partial charge in [0.15, 0.2) is 5.44 Å². The van der Waals surface area contributed by atoms with Crippen molar-refractivity contribution in [3.8, 4) is 0 Å². The molecule has 1 rings (SSSR count). The highest BCUT2D eigenvalue weighted by Crippen LogP contribution is 2.40. The molecule has 144 valence electrons. The SMILES string of the molecule is CCCCCC(=O)NC1C(OC(C)=O)SC(COC(C)=O)C(C)C1C. The summed E-state index contributed by atoms with van der Waals surface area (Å²) in [6.07, 6.45) is 3.43. The molecule has 1 fully saturated rings. The first-order chi connectivity index (χ1) is 11.8. The fraction of sp³-hybridized carbons (Fsp3) is 0.833. The molecule has 1 aliphatic heterocycles. The Morgan fingerprint density at radius 1 is 1.04 bits per heavy atom. The van der Waals surface area contributed by atoms with Crippen LogP contribution in [0, 0.1) is 11.8 Å². The van der Waals surface area contributed by atoms with Crippen molar-refractivity contribution in [3.63, 3.8) is 0 Å². The number of rotatable bonds is 8. The molecular weight excluding hydrogens is 342 g/mol. The first-order valence-electron chi connectivity index (χ1n) is 9.01. The summed E-state index contributed by atoms with van der Waals surface area (Å²) in [5.41, 5.74) is -0.473. The number of thioether (sulfide) groups is 1. The Morgan fingerprint density at radius 2 is 1.72 bits per heavy atom. The molecule has 25 heavy (non-hydrogen) atoms. The molecule has 1 heterocycles. The molecule has 5 unspecified atom stereocenters. The first kappa shape index (κ1) is 21.8. The van der Waals surface area contributed by atoms with Crippen LogP contribution in [0.15, 0.2) is 0 Å². The Balaban J connectivity index is 2.77. The number of carbonyl (C=O) groups excluding carboxylic acids is 3. The third-order valence-corrected chi connectivity index (χ3v) is 6.23. The zero-order chi connectivity index (χ0) is 19.0. The van der Waals surface area contributed by atoms with E-state index in [0.29, 0.717) is 6.42 Å². The fourth-order valence-electron chi connectivity index (χ4n) is 2.94. The number of carbonyl (C=O) groups is 3. The van der Waals surface area contributed by atoms with Crippen LogP contribution in [0.2, 0.25) is 0 Å². The van der Waals surface area contributed by atoms with Crippen LogP contribution in [-0.2, 0) is 23.9 Å². The molecule has 0 aliphatic carbocycles. The van der Waals surface area contributed by atoms with Gasteiger partial charge in [0, 0.05) is 25.5 Å². The largest absolute Gasteiger partial charge is 0.465 e. The van der Waals surface area contributed by atoms with Crippen molar-refractivity contribution in [3.05, 3.63) is 0 Å². The summed E-state index contributed by atoms with van der Waals surface area (Å²) in [6.45, 7) is 9.24. The summed E-state index contributed by atoms with van der Waals surface area (Å²) in [5.74, 6) is -0.404. The standard InChI is InChI=1S/C18H31NO5S/c1-6-7-8-9-16(22)19-17-12(3)11(2)15(10-23-13(4)20)25-18(17)24-14(5)21/h11-12,15,17-18H,6-10H2,1-5H3,(H,19,22). The normalized spacial score (nSPS) is 28.9. The second-order valence-corrected chi connectivity index (χ2v) is 8.07. The van der Waals surface area contributed by atoms with Crippen LogP contribution in [-0.4, -0.2) is 41.2 Å². The fourth-order valence-corrected chi connectivity index (χ4v) is 4.61. The van der Waals surface area contributed by atoms with Gasteiger partial charge in [0.2, 0.25) is 5.91 Å². The molecule has 0 aromatic rings. The number of esters is 2. The van der Waals surface area contributed by atoms with Gasteiger partial charge < -0.3 is 14.8 Å². The predicted octanol–water partition coefficient (Wildman–Crippen LogP) is 2.89. The minimum absolute atomic E-state index is 0.00584. The van der Waals surface area contributed by atoms with Crippen LogP contribution >= 0.6 is 11.8 Å². The molecule has 1 saturated heterocycles. The van der Waals surface area contributed by atoms with Gasteiger partial charge in [-0.05, 0) is 18.3 Å². The first-order valence-corrected chi connectivity index (χ1v) is 9.95. The quantitative estimate of drug-likeness (QED) is 0.520. The lowest BCUT2D eigenvalue weighted by atomic mass is 9.85. The average molecular weight is 374 g/mol. The Hall–Kier alpha value is -1.24. The van der Waals surface area contributed by atoms with Crippen molar-refractivity contribution in [2.75, 3.05) is 6.61 Å². The van der Waals surface area contributed by atoms with E-state index in [9.17, 15) is 14.4 Å². The van der Waals surface area contributed by atoms with Crippen LogP contribution < -0.4 is 5.32 Å². The maximum atomic E-state index is 12.2. The average Bonchev–Trinajstić information content (AvgIpc) is 2.52. The van der Waals surface area contributed by atoms with E-state index in [4.69, 9.17) is 9.47 Å². The summed E-state index contributed by atoms with van der Waals surface area (Å²) >= 11 is 1.46. The monoisotopic (exact) mass is 373 g/mol. The number of ether oxygens (including phenoxy) is 2. The topological polar surface area (TPSA) is 81.7 Å². The van der Waals surface area contributed by atoms with E-state index in [1.54, 1.807) is 0 Å². The zero-order valence-corrected chi connectivity index (χ0v) is 16.7. The lowest BCUT2D eigenvalue weighted by Crippen LogP contribution is -2.55. The number of unbranched alkanes of at least 4 members (excludes halogenated alkanes) is 2. The molecular formula is C18H31NO5S. The number of hydrogen-bond acceptors (Lipinski definition) is 6. The summed E-state index contributed by atoms with van der Waals surface area (Å²) in [7, 11) is 0. The molecule has 1 N–H and O–H groups in total. The van der Waals surface area contributed by atoms with Gasteiger partial charge in [0.05, 0.1) is 6.04 Å². The lowest BCUT2D eigenvalue weighted by molar-refractivity contribution is -0.146. The minimum Gasteiger partial charge on any atom is -0.465 e. The van der Waals surface area contributed by atoms with E-state index in [1.165, 1.54) is 25.6 Å². The van der Waals surface area contributed by atoms with Gasteiger partial charge in [-0.3, -0.25) is 14.4 Å². The predicted molar refractivity (Wildman–Crippen MR) is 98.0 cm³/mol. The second kappa shape index (κ2) is 10.7. The van der Waals surface area contributed by atoms with E-state index in [-0.39, 0.29) is 47.6 Å². The molecule has 1 amide bonds. The molecule has 6 nitrogen and oxygen atoms in total. The summed E-state index contributed by atoms with van der Waals surface area (Å²) in [5, 5.41) is 3.08. The zero-order valence-electron chi connectivity index (χ0n) is 15.9. The third kappa shape index (κ3) is 7.26. The van der Waals surface area contributed by atoms with Gasteiger partial charge in [0.25, 0.3) is 0 Å². The molecule has 0 bridgehead atoms. The Labute approximate surface area is 154 Å². The molecule has 1 aliphatic rings. The third-order valence-electron chi connectivity index (χ3n) is 4.65. The number of amides is 1. The van der Waals surface area contributed by atoms with Gasteiger partial charge >= 0.3 is 11.9 Å². The van der Waals surface area contributed by atoms with Crippen molar-refractivity contribution in [2.24, 2.45) is 11.8 Å². The minimum atomic E-state index is -0.473. The van der Waals surface area contributed by atoms with E-state index in [1.807, 2.05) is 6.92 Å². The number of hydrogen-bond donors (Lipinski definition) is 1. The molecule has 0 aromatic heterocycles. The van der Waals surface area contributed by atoms with Crippen molar-refractivity contribution in [2.45, 2.75) is 77.0 Å². The van der Waals surface area contributed by atoms with Crippen molar-refractivity contribution in [1.29, 1.82) is 0 Å². The van der Waals surface area contributed by atoms with Crippen LogP contribution in [0.25, 0.3) is 0 Å². The van der Waals surface area contributed by atoms with Crippen LogP contribution in [0.3, 0.4) is 0 Å². The molecule has 0 saturated carbocycles. The molecule has 0 spiro atoms. The van der Waals surface area contributed by atoms with E-state index < -0.39 is 5.44 Å². The molecule has 0 aromatic carbocycles. The van der Waals surface area contributed by atoms with Crippen molar-refractivity contribution >= 4 is 29.6 Å². The maximum absolute atomic E-state index is 12.2. The van der Waals surface area contributed by atoms with Gasteiger partial charge in [-0.2, -0.15) is 0 Å². The van der Waals surface area contributed by atoms with Gasteiger partial charge in [-0.1, -0.05) is 33.6 Å². The Bertz CT molecular complexity index is 470. The van der Waals surface area contributed by atoms with Crippen LogP contribution in [0.4, 0.5) is 0 Å². The van der Waals surface area contributed by atoms with Crippen molar-refractivity contribution < 1.29 is 23.9 Å². The highest BCUT2D eigenvalue weighted by Gasteiger charge is 2.43. The van der Waals surface area contributed by atoms with Gasteiger partial charge in [-0.25, -0.2) is 0 Å².